The maximum absolute atomic E-state index is 8.26. The molecule has 0 atom stereocenters. The number of hydrogen-bond donors (Lipinski definition) is 0. The van der Waals surface area contributed by atoms with Crippen molar-refractivity contribution >= 4 is 23.1 Å². The predicted molar refractivity (Wildman–Crippen MR) is 60.9 cm³/mol. The molecule has 0 aliphatic heterocycles. The summed E-state index contributed by atoms with van der Waals surface area (Å²) in [6.07, 6.45) is 0. The fourth-order valence-corrected chi connectivity index (χ4v) is 1.81. The second-order valence-electron chi connectivity index (χ2n) is 2.87. The van der Waals surface area contributed by atoms with Gasteiger partial charge >= 0.3 is 0 Å². The quantitative estimate of drug-likeness (QED) is 0.707. The summed E-state index contributed by atoms with van der Waals surface area (Å²) in [6, 6.07) is 3.99. The predicted octanol–water partition coefficient (Wildman–Crippen LogP) is 2.48. The van der Waals surface area contributed by atoms with Crippen molar-refractivity contribution in [2.75, 3.05) is 0 Å². The van der Waals surface area contributed by atoms with Gasteiger partial charge < -0.3 is 0 Å². The van der Waals surface area contributed by atoms with E-state index >= 15 is 0 Å². The summed E-state index contributed by atoms with van der Waals surface area (Å²) in [5.74, 6) is 0. The van der Waals surface area contributed by atoms with Gasteiger partial charge in [-0.15, -0.1) is 5.10 Å². The Morgan fingerprint density at radius 1 is 1.27 bits per heavy atom. The molecule has 78 valence electrons. The summed E-state index contributed by atoms with van der Waals surface area (Å²) >= 11 is 2.80. The molecule has 6 heteroatoms. The molecule has 0 spiro atoms. The summed E-state index contributed by atoms with van der Waals surface area (Å²) in [5, 5.41) is 11.8. The van der Waals surface area contributed by atoms with Crippen molar-refractivity contribution in [1.82, 2.24) is 14.0 Å². The van der Waals surface area contributed by atoms with Crippen LogP contribution in [0, 0.1) is 32.1 Å². The molecular weight excluding hydrogens is 228 g/mol. The SMILES string of the molecule is Cc1cc(C)sn1.Cc1snnc1C#N. The average molecular weight is 238 g/mol. The van der Waals surface area contributed by atoms with Crippen molar-refractivity contribution in [3.63, 3.8) is 0 Å². The van der Waals surface area contributed by atoms with Crippen LogP contribution in [0.15, 0.2) is 6.07 Å². The molecule has 2 heterocycles. The largest absolute Gasteiger partial charge is 0.198 e. The van der Waals surface area contributed by atoms with E-state index in [1.165, 1.54) is 16.4 Å². The summed E-state index contributed by atoms with van der Waals surface area (Å²) in [4.78, 5) is 2.17. The van der Waals surface area contributed by atoms with Crippen molar-refractivity contribution in [1.29, 1.82) is 5.26 Å². The van der Waals surface area contributed by atoms with Gasteiger partial charge in [-0.2, -0.15) is 9.64 Å². The molecule has 2 aromatic heterocycles. The molecule has 15 heavy (non-hydrogen) atoms. The Kier molecular flexibility index (Phi) is 4.34. The van der Waals surface area contributed by atoms with Crippen LogP contribution in [0.2, 0.25) is 0 Å². The van der Waals surface area contributed by atoms with Crippen LogP contribution in [-0.2, 0) is 0 Å². The fraction of sp³-hybridized carbons (Fsp3) is 0.333. The first-order valence-electron chi connectivity index (χ1n) is 4.22. The summed E-state index contributed by atoms with van der Waals surface area (Å²) in [5.41, 5.74) is 1.57. The van der Waals surface area contributed by atoms with Crippen molar-refractivity contribution < 1.29 is 0 Å². The van der Waals surface area contributed by atoms with E-state index in [0.29, 0.717) is 5.69 Å². The highest BCUT2D eigenvalue weighted by Gasteiger charge is 1.97. The van der Waals surface area contributed by atoms with Gasteiger partial charge in [0.2, 0.25) is 0 Å². The van der Waals surface area contributed by atoms with E-state index in [1.54, 1.807) is 11.5 Å². The zero-order valence-electron chi connectivity index (χ0n) is 8.68. The zero-order chi connectivity index (χ0) is 11.3. The number of nitrogens with zero attached hydrogens (tertiary/aromatic N) is 4. The lowest BCUT2D eigenvalue weighted by atomic mass is 10.4. The van der Waals surface area contributed by atoms with Gasteiger partial charge in [0.25, 0.3) is 0 Å². The summed E-state index contributed by atoms with van der Waals surface area (Å²) in [7, 11) is 0. The number of aryl methyl sites for hydroxylation is 3. The number of rotatable bonds is 0. The molecule has 0 aromatic carbocycles. The molecule has 0 N–H and O–H groups in total. The van der Waals surface area contributed by atoms with E-state index in [-0.39, 0.29) is 0 Å². The lowest BCUT2D eigenvalue weighted by Crippen LogP contribution is -1.73. The van der Waals surface area contributed by atoms with E-state index in [4.69, 9.17) is 5.26 Å². The van der Waals surface area contributed by atoms with Crippen molar-refractivity contribution in [2.45, 2.75) is 20.8 Å². The van der Waals surface area contributed by atoms with Crippen LogP contribution in [0.1, 0.15) is 21.1 Å². The molecule has 0 radical (unpaired) electrons. The molecular formula is C9H10N4S2. The molecule has 0 aliphatic carbocycles. The molecule has 0 amide bonds. The third-order valence-corrected chi connectivity index (χ3v) is 2.92. The fourth-order valence-electron chi connectivity index (χ4n) is 0.828. The van der Waals surface area contributed by atoms with Gasteiger partial charge in [-0.25, -0.2) is 0 Å². The number of hydrogen-bond acceptors (Lipinski definition) is 6. The third-order valence-electron chi connectivity index (χ3n) is 1.50. The maximum Gasteiger partial charge on any atom is 0.178 e. The van der Waals surface area contributed by atoms with Crippen molar-refractivity contribution in [2.24, 2.45) is 0 Å². The van der Waals surface area contributed by atoms with Gasteiger partial charge in [0.15, 0.2) is 5.69 Å². The van der Waals surface area contributed by atoms with E-state index in [0.717, 1.165) is 10.6 Å². The molecule has 0 bridgehead atoms. The Balaban J connectivity index is 0.000000151. The van der Waals surface area contributed by atoms with Crippen LogP contribution in [0.25, 0.3) is 0 Å². The van der Waals surface area contributed by atoms with E-state index < -0.39 is 0 Å². The normalized spacial score (nSPS) is 8.93. The van der Waals surface area contributed by atoms with E-state index in [1.807, 2.05) is 19.9 Å². The van der Waals surface area contributed by atoms with Crippen molar-refractivity contribution in [3.8, 4) is 6.07 Å². The van der Waals surface area contributed by atoms with Crippen LogP contribution < -0.4 is 0 Å². The highest BCUT2D eigenvalue weighted by molar-refractivity contribution is 7.05. The highest BCUT2D eigenvalue weighted by Crippen LogP contribution is 2.05. The molecule has 0 saturated heterocycles. The Morgan fingerprint density at radius 2 is 2.00 bits per heavy atom. The van der Waals surface area contributed by atoms with Crippen LogP contribution in [0.4, 0.5) is 0 Å². The van der Waals surface area contributed by atoms with Gasteiger partial charge in [-0.3, -0.25) is 0 Å². The Hall–Kier alpha value is -1.32. The number of aromatic nitrogens is 3. The van der Waals surface area contributed by atoms with Crippen LogP contribution >= 0.6 is 23.1 Å². The Labute approximate surface area is 96.5 Å². The van der Waals surface area contributed by atoms with Gasteiger partial charge in [0, 0.05) is 4.88 Å². The molecule has 0 saturated carbocycles. The maximum atomic E-state index is 8.26. The molecule has 2 rings (SSSR count). The number of nitriles is 1. The zero-order valence-corrected chi connectivity index (χ0v) is 10.3. The lowest BCUT2D eigenvalue weighted by molar-refractivity contribution is 1.12. The van der Waals surface area contributed by atoms with Crippen LogP contribution in [0.5, 0.6) is 0 Å². The first-order chi connectivity index (χ1) is 7.13. The summed E-state index contributed by atoms with van der Waals surface area (Å²) < 4.78 is 7.62. The van der Waals surface area contributed by atoms with Gasteiger partial charge in [0.1, 0.15) is 6.07 Å². The molecule has 0 aliphatic rings. The van der Waals surface area contributed by atoms with Gasteiger partial charge in [-0.1, -0.05) is 4.49 Å². The van der Waals surface area contributed by atoms with Crippen LogP contribution in [-0.4, -0.2) is 14.0 Å². The first kappa shape index (κ1) is 11.8. The van der Waals surface area contributed by atoms with Crippen molar-refractivity contribution in [3.05, 3.63) is 27.2 Å². The third kappa shape index (κ3) is 3.73. The smallest absolute Gasteiger partial charge is 0.178 e. The Morgan fingerprint density at radius 3 is 2.20 bits per heavy atom. The molecule has 0 fully saturated rings. The van der Waals surface area contributed by atoms with Gasteiger partial charge in [-0.05, 0) is 49.9 Å². The molecule has 0 unspecified atom stereocenters. The second kappa shape index (κ2) is 5.53. The average Bonchev–Trinajstić information content (AvgIpc) is 2.76. The monoisotopic (exact) mass is 238 g/mol. The lowest BCUT2D eigenvalue weighted by Gasteiger charge is -1.71. The summed E-state index contributed by atoms with van der Waals surface area (Å²) in [6.45, 7) is 5.89. The van der Waals surface area contributed by atoms with Crippen LogP contribution in [0.3, 0.4) is 0 Å². The minimum atomic E-state index is 0.440. The topological polar surface area (TPSA) is 62.5 Å². The highest BCUT2D eigenvalue weighted by atomic mass is 32.1. The minimum absolute atomic E-state index is 0.440. The molecule has 2 aromatic rings. The molecule has 4 nitrogen and oxygen atoms in total. The standard InChI is InChI=1S/C5H7NS.C4H3N3S/c1-4-3-5(2)7-6-4;1-3-4(2-5)6-7-8-3/h3H,1-2H3;1H3. The van der Waals surface area contributed by atoms with E-state index in [2.05, 4.69) is 27.0 Å². The van der Waals surface area contributed by atoms with E-state index in [9.17, 15) is 0 Å². The second-order valence-corrected chi connectivity index (χ2v) is 4.84. The first-order valence-corrected chi connectivity index (χ1v) is 5.77. The Bertz CT molecular complexity index is 450. The van der Waals surface area contributed by atoms with Gasteiger partial charge in [0.05, 0.1) is 10.6 Å². The minimum Gasteiger partial charge on any atom is -0.198 e.